The Balaban J connectivity index is 2.26. The van der Waals surface area contributed by atoms with Gasteiger partial charge in [0.1, 0.15) is 5.75 Å². The van der Waals surface area contributed by atoms with Crippen LogP contribution < -0.4 is 4.74 Å². The van der Waals surface area contributed by atoms with Crippen LogP contribution in [0.3, 0.4) is 0 Å². The van der Waals surface area contributed by atoms with Gasteiger partial charge in [-0.15, -0.1) is 0 Å². The first-order valence-electron chi connectivity index (χ1n) is 4.92. The highest BCUT2D eigenvalue weighted by molar-refractivity contribution is 5.29. The lowest BCUT2D eigenvalue weighted by Gasteiger charge is -2.09. The average molecular weight is 257 g/mol. The molecule has 0 aliphatic rings. The number of benzene rings is 1. The van der Waals surface area contributed by atoms with Crippen LogP contribution in [-0.2, 0) is 6.18 Å². The first kappa shape index (κ1) is 12.3. The molecule has 0 unspecified atom stereocenters. The second kappa shape index (κ2) is 4.64. The van der Waals surface area contributed by atoms with Crippen molar-refractivity contribution in [3.05, 3.63) is 54.0 Å². The van der Waals surface area contributed by atoms with Gasteiger partial charge >= 0.3 is 6.18 Å². The van der Waals surface area contributed by atoms with Gasteiger partial charge in [0.25, 0.3) is 5.88 Å². The van der Waals surface area contributed by atoms with Crippen molar-refractivity contribution < 1.29 is 22.3 Å². The van der Waals surface area contributed by atoms with Crippen LogP contribution in [0.2, 0.25) is 0 Å². The Bertz CT molecular complexity index is 540. The lowest BCUT2D eigenvalue weighted by Crippen LogP contribution is -2.06. The molecule has 1 aromatic carbocycles. The van der Waals surface area contributed by atoms with E-state index in [4.69, 9.17) is 4.74 Å². The molecule has 94 valence electrons. The molecule has 2 nitrogen and oxygen atoms in total. The number of para-hydroxylation sites is 1. The predicted octanol–water partition coefficient (Wildman–Crippen LogP) is 4.03. The van der Waals surface area contributed by atoms with E-state index in [1.807, 2.05) is 0 Å². The van der Waals surface area contributed by atoms with Crippen molar-refractivity contribution in [3.8, 4) is 11.6 Å². The molecule has 2 aromatic rings. The van der Waals surface area contributed by atoms with E-state index < -0.39 is 23.4 Å². The summed E-state index contributed by atoms with van der Waals surface area (Å²) in [5.41, 5.74) is -1.15. The Hall–Kier alpha value is -2.11. The monoisotopic (exact) mass is 257 g/mol. The summed E-state index contributed by atoms with van der Waals surface area (Å²) in [6.07, 6.45) is -4.10. The number of pyridine rings is 1. The number of hydrogen-bond acceptors (Lipinski definition) is 2. The van der Waals surface area contributed by atoms with Gasteiger partial charge in [-0.3, -0.25) is 0 Å². The Kier molecular flexibility index (Phi) is 3.18. The smallest absolute Gasteiger partial charge is 0.417 e. The molecule has 0 bridgehead atoms. The fourth-order valence-corrected chi connectivity index (χ4v) is 1.26. The Labute approximate surface area is 99.8 Å². The molecule has 18 heavy (non-hydrogen) atoms. The highest BCUT2D eigenvalue weighted by Gasteiger charge is 2.32. The van der Waals surface area contributed by atoms with E-state index in [2.05, 4.69) is 4.98 Å². The standard InChI is InChI=1S/C12H7F4NO/c13-10-6-8(12(14,15)16)7-17-11(10)18-9-4-2-1-3-5-9/h1-7H. The van der Waals surface area contributed by atoms with E-state index in [9.17, 15) is 17.6 Å². The summed E-state index contributed by atoms with van der Waals surface area (Å²) >= 11 is 0. The quantitative estimate of drug-likeness (QED) is 0.758. The normalized spacial score (nSPS) is 11.3. The van der Waals surface area contributed by atoms with Gasteiger partial charge in [-0.2, -0.15) is 13.2 Å². The third-order valence-electron chi connectivity index (χ3n) is 2.09. The number of hydrogen-bond donors (Lipinski definition) is 0. The molecule has 6 heteroatoms. The van der Waals surface area contributed by atoms with Gasteiger partial charge in [0.2, 0.25) is 0 Å². The maximum Gasteiger partial charge on any atom is 0.417 e. The lowest BCUT2D eigenvalue weighted by atomic mass is 10.3. The molecular weight excluding hydrogens is 250 g/mol. The van der Waals surface area contributed by atoms with Crippen LogP contribution in [0.4, 0.5) is 17.6 Å². The van der Waals surface area contributed by atoms with Crippen LogP contribution in [0.25, 0.3) is 0 Å². The van der Waals surface area contributed by atoms with Crippen molar-refractivity contribution in [3.63, 3.8) is 0 Å². The SMILES string of the molecule is Fc1cc(C(F)(F)F)cnc1Oc1ccccc1. The predicted molar refractivity (Wildman–Crippen MR) is 55.7 cm³/mol. The minimum atomic E-state index is -4.63. The molecule has 0 fully saturated rings. The first-order chi connectivity index (χ1) is 8.47. The van der Waals surface area contributed by atoms with E-state index in [0.717, 1.165) is 0 Å². The van der Waals surface area contributed by atoms with Crippen molar-refractivity contribution in [1.29, 1.82) is 0 Å². The van der Waals surface area contributed by atoms with Crippen molar-refractivity contribution in [1.82, 2.24) is 4.98 Å². The fourth-order valence-electron chi connectivity index (χ4n) is 1.26. The molecule has 0 aliphatic heterocycles. The van der Waals surface area contributed by atoms with Gasteiger partial charge in [-0.05, 0) is 18.2 Å². The molecule has 0 N–H and O–H groups in total. The van der Waals surface area contributed by atoms with Crippen molar-refractivity contribution in [2.45, 2.75) is 6.18 Å². The maximum absolute atomic E-state index is 13.4. The minimum Gasteiger partial charge on any atom is -0.436 e. The summed E-state index contributed by atoms with van der Waals surface area (Å²) in [7, 11) is 0. The van der Waals surface area contributed by atoms with Gasteiger partial charge in [0.05, 0.1) is 5.56 Å². The third kappa shape index (κ3) is 2.77. The van der Waals surface area contributed by atoms with Gasteiger partial charge in [-0.25, -0.2) is 9.37 Å². The second-order valence-electron chi connectivity index (χ2n) is 3.42. The summed E-state index contributed by atoms with van der Waals surface area (Å²) < 4.78 is 55.2. The summed E-state index contributed by atoms with van der Waals surface area (Å²) in [5.74, 6) is -1.36. The Morgan fingerprint density at radius 1 is 1.06 bits per heavy atom. The third-order valence-corrected chi connectivity index (χ3v) is 2.09. The molecule has 0 aliphatic carbocycles. The number of nitrogens with zero attached hydrogens (tertiary/aromatic N) is 1. The van der Waals surface area contributed by atoms with Crippen LogP contribution in [0.15, 0.2) is 42.6 Å². The largest absolute Gasteiger partial charge is 0.436 e. The molecule has 0 radical (unpaired) electrons. The van der Waals surface area contributed by atoms with E-state index in [1.165, 1.54) is 0 Å². The van der Waals surface area contributed by atoms with Crippen molar-refractivity contribution in [2.75, 3.05) is 0 Å². The number of aromatic nitrogens is 1. The van der Waals surface area contributed by atoms with Crippen LogP contribution >= 0.6 is 0 Å². The number of ether oxygens (including phenoxy) is 1. The van der Waals surface area contributed by atoms with Crippen LogP contribution in [0, 0.1) is 5.82 Å². The topological polar surface area (TPSA) is 22.1 Å². The number of rotatable bonds is 2. The average Bonchev–Trinajstić information content (AvgIpc) is 2.32. The maximum atomic E-state index is 13.4. The molecule has 0 spiro atoms. The van der Waals surface area contributed by atoms with E-state index in [1.54, 1.807) is 30.3 Å². The molecule has 0 saturated carbocycles. The molecule has 1 aromatic heterocycles. The summed E-state index contributed by atoms with van der Waals surface area (Å²) in [4.78, 5) is 3.32. The van der Waals surface area contributed by atoms with Crippen molar-refractivity contribution in [2.24, 2.45) is 0 Å². The molecule has 0 saturated heterocycles. The van der Waals surface area contributed by atoms with E-state index in [0.29, 0.717) is 18.0 Å². The van der Waals surface area contributed by atoms with Gasteiger partial charge < -0.3 is 4.74 Å². The number of alkyl halides is 3. The Morgan fingerprint density at radius 3 is 2.28 bits per heavy atom. The highest BCUT2D eigenvalue weighted by atomic mass is 19.4. The fraction of sp³-hybridized carbons (Fsp3) is 0.0833. The Morgan fingerprint density at radius 2 is 1.72 bits per heavy atom. The zero-order chi connectivity index (χ0) is 13.2. The minimum absolute atomic E-state index is 0.295. The summed E-state index contributed by atoms with van der Waals surface area (Å²) in [6, 6.07) is 8.46. The molecule has 0 amide bonds. The van der Waals surface area contributed by atoms with Gasteiger partial charge in [-0.1, -0.05) is 18.2 Å². The zero-order valence-corrected chi connectivity index (χ0v) is 8.91. The van der Waals surface area contributed by atoms with Crippen LogP contribution in [-0.4, -0.2) is 4.98 Å². The highest BCUT2D eigenvalue weighted by Crippen LogP contribution is 2.31. The van der Waals surface area contributed by atoms with E-state index >= 15 is 0 Å². The van der Waals surface area contributed by atoms with Crippen LogP contribution in [0.5, 0.6) is 11.6 Å². The first-order valence-corrected chi connectivity index (χ1v) is 4.92. The van der Waals surface area contributed by atoms with Gasteiger partial charge in [0.15, 0.2) is 5.82 Å². The van der Waals surface area contributed by atoms with Crippen molar-refractivity contribution >= 4 is 0 Å². The summed E-state index contributed by atoms with van der Waals surface area (Å²) in [5, 5.41) is 0. The summed E-state index contributed by atoms with van der Waals surface area (Å²) in [6.45, 7) is 0. The second-order valence-corrected chi connectivity index (χ2v) is 3.42. The zero-order valence-electron chi connectivity index (χ0n) is 8.91. The molecule has 1 heterocycles. The van der Waals surface area contributed by atoms with E-state index in [-0.39, 0.29) is 0 Å². The molecule has 2 rings (SSSR count). The molecule has 0 atom stereocenters. The molecular formula is C12H7F4NO. The lowest BCUT2D eigenvalue weighted by molar-refractivity contribution is -0.138. The van der Waals surface area contributed by atoms with Gasteiger partial charge in [0, 0.05) is 6.20 Å². The number of halogens is 4. The van der Waals surface area contributed by atoms with Crippen LogP contribution in [0.1, 0.15) is 5.56 Å².